The van der Waals surface area contributed by atoms with Crippen LogP contribution in [0.2, 0.25) is 0 Å². The second kappa shape index (κ2) is 7.09. The molecule has 6 heteroatoms. The molecule has 3 aromatic rings. The van der Waals surface area contributed by atoms with Crippen molar-refractivity contribution < 1.29 is 9.18 Å². The molecule has 0 aliphatic rings. The molecule has 1 aromatic carbocycles. The van der Waals surface area contributed by atoms with E-state index in [-0.39, 0.29) is 17.7 Å². The summed E-state index contributed by atoms with van der Waals surface area (Å²) in [6.45, 7) is 0.243. The van der Waals surface area contributed by atoms with Crippen LogP contribution in [0.15, 0.2) is 71.8 Å². The van der Waals surface area contributed by atoms with Crippen molar-refractivity contribution in [1.29, 1.82) is 0 Å². The first-order valence-corrected chi connectivity index (χ1v) is 7.72. The molecular weight excluding hydrogens is 321 g/mol. The van der Waals surface area contributed by atoms with Gasteiger partial charge in [0.05, 0.1) is 5.56 Å². The number of benzene rings is 1. The Morgan fingerprint density at radius 1 is 1.12 bits per heavy atom. The lowest BCUT2D eigenvalue weighted by atomic mass is 9.88. The fourth-order valence-electron chi connectivity index (χ4n) is 2.86. The molecule has 0 aliphatic heterocycles. The highest BCUT2D eigenvalue weighted by molar-refractivity contribution is 5.94. The van der Waals surface area contributed by atoms with Crippen LogP contribution in [0.3, 0.4) is 0 Å². The van der Waals surface area contributed by atoms with E-state index < -0.39 is 17.8 Å². The minimum Gasteiger partial charge on any atom is -0.365 e. The predicted molar refractivity (Wildman–Crippen MR) is 91.7 cm³/mol. The molecule has 5 nitrogen and oxygen atoms in total. The Balaban J connectivity index is 2.17. The summed E-state index contributed by atoms with van der Waals surface area (Å²) in [4.78, 5) is 27.4. The largest absolute Gasteiger partial charge is 0.365 e. The summed E-state index contributed by atoms with van der Waals surface area (Å²) in [5.74, 6) is -2.23. The van der Waals surface area contributed by atoms with Crippen LogP contribution in [-0.2, 0) is 6.54 Å². The van der Waals surface area contributed by atoms with Gasteiger partial charge in [-0.2, -0.15) is 4.39 Å². The lowest BCUT2D eigenvalue weighted by molar-refractivity contribution is 0.0994. The average molecular weight is 337 g/mol. The zero-order chi connectivity index (χ0) is 17.8. The minimum atomic E-state index is -0.911. The third-order valence-corrected chi connectivity index (χ3v) is 4.04. The fourth-order valence-corrected chi connectivity index (χ4v) is 2.86. The molecule has 1 amide bonds. The second-order valence-electron chi connectivity index (χ2n) is 5.58. The van der Waals surface area contributed by atoms with Gasteiger partial charge in [-0.3, -0.25) is 9.59 Å². The van der Waals surface area contributed by atoms with Gasteiger partial charge in [0.15, 0.2) is 0 Å². The van der Waals surface area contributed by atoms with Gasteiger partial charge in [-0.05, 0) is 23.3 Å². The number of nitrogens with two attached hydrogens (primary N) is 1. The number of hydrogen-bond acceptors (Lipinski definition) is 3. The van der Waals surface area contributed by atoms with E-state index in [1.54, 1.807) is 24.4 Å². The third-order valence-electron chi connectivity index (χ3n) is 4.04. The standard InChI is InChI=1S/C19H16FN3O2/c20-18-17(19(21)25)14(9-10-22-18)15(13-6-2-1-3-7-13)12-23-11-5-4-8-16(23)24/h1-11,15H,12H2,(H2,21,25). The van der Waals surface area contributed by atoms with Gasteiger partial charge in [0, 0.05) is 30.9 Å². The molecule has 25 heavy (non-hydrogen) atoms. The van der Waals surface area contributed by atoms with Crippen molar-refractivity contribution >= 4 is 5.91 Å². The van der Waals surface area contributed by atoms with E-state index in [9.17, 15) is 14.0 Å². The maximum atomic E-state index is 14.1. The van der Waals surface area contributed by atoms with Crippen molar-refractivity contribution in [3.63, 3.8) is 0 Å². The number of pyridine rings is 2. The van der Waals surface area contributed by atoms with Crippen molar-refractivity contribution in [2.24, 2.45) is 5.73 Å². The summed E-state index contributed by atoms with van der Waals surface area (Å²) in [6, 6.07) is 15.7. The molecule has 0 aliphatic carbocycles. The molecule has 126 valence electrons. The first kappa shape index (κ1) is 16.6. The lowest BCUT2D eigenvalue weighted by Gasteiger charge is -2.21. The Morgan fingerprint density at radius 3 is 2.52 bits per heavy atom. The predicted octanol–water partition coefficient (Wildman–Crippen LogP) is 2.31. The van der Waals surface area contributed by atoms with Gasteiger partial charge in [0.25, 0.3) is 11.5 Å². The number of carbonyl (C=O) groups is 1. The number of hydrogen-bond donors (Lipinski definition) is 1. The molecule has 2 aromatic heterocycles. The number of primary amides is 1. The summed E-state index contributed by atoms with van der Waals surface area (Å²) in [5.41, 5.74) is 6.18. The van der Waals surface area contributed by atoms with Crippen LogP contribution in [0, 0.1) is 5.95 Å². The van der Waals surface area contributed by atoms with Crippen molar-refractivity contribution in [3.8, 4) is 0 Å². The molecule has 0 saturated carbocycles. The number of carbonyl (C=O) groups excluding carboxylic acids is 1. The number of halogens is 1. The summed E-state index contributed by atoms with van der Waals surface area (Å²) >= 11 is 0. The van der Waals surface area contributed by atoms with Crippen molar-refractivity contribution in [2.75, 3.05) is 0 Å². The molecule has 1 atom stereocenters. The number of nitrogens with zero attached hydrogens (tertiary/aromatic N) is 2. The Kier molecular flexibility index (Phi) is 4.70. The quantitative estimate of drug-likeness (QED) is 0.726. The lowest BCUT2D eigenvalue weighted by Crippen LogP contribution is -2.25. The smallest absolute Gasteiger partial charge is 0.253 e. The Hall–Kier alpha value is -3.28. The van der Waals surface area contributed by atoms with Crippen LogP contribution < -0.4 is 11.3 Å². The average Bonchev–Trinajstić information content (AvgIpc) is 2.61. The summed E-state index contributed by atoms with van der Waals surface area (Å²) in [7, 11) is 0. The van der Waals surface area contributed by atoms with Gasteiger partial charge in [-0.15, -0.1) is 0 Å². The summed E-state index contributed by atoms with van der Waals surface area (Å²) in [5, 5.41) is 0. The van der Waals surface area contributed by atoms with Crippen LogP contribution in [0.25, 0.3) is 0 Å². The number of amides is 1. The van der Waals surface area contributed by atoms with E-state index in [1.807, 2.05) is 30.3 Å². The van der Waals surface area contributed by atoms with Gasteiger partial charge >= 0.3 is 0 Å². The van der Waals surface area contributed by atoms with Crippen LogP contribution in [-0.4, -0.2) is 15.5 Å². The number of rotatable bonds is 5. The third kappa shape index (κ3) is 3.47. The molecule has 0 bridgehead atoms. The molecule has 1 unspecified atom stereocenters. The van der Waals surface area contributed by atoms with Gasteiger partial charge in [0.1, 0.15) is 0 Å². The van der Waals surface area contributed by atoms with E-state index in [2.05, 4.69) is 4.98 Å². The van der Waals surface area contributed by atoms with Gasteiger partial charge in [-0.25, -0.2) is 4.98 Å². The molecule has 0 saturated heterocycles. The number of aromatic nitrogens is 2. The highest BCUT2D eigenvalue weighted by Gasteiger charge is 2.24. The van der Waals surface area contributed by atoms with Crippen molar-refractivity contribution in [1.82, 2.24) is 9.55 Å². The van der Waals surface area contributed by atoms with E-state index in [4.69, 9.17) is 5.73 Å². The van der Waals surface area contributed by atoms with Gasteiger partial charge in [0.2, 0.25) is 5.95 Å². The van der Waals surface area contributed by atoms with E-state index in [0.717, 1.165) is 5.56 Å². The maximum Gasteiger partial charge on any atom is 0.253 e. The van der Waals surface area contributed by atoms with Crippen LogP contribution in [0.5, 0.6) is 0 Å². The van der Waals surface area contributed by atoms with E-state index >= 15 is 0 Å². The van der Waals surface area contributed by atoms with E-state index in [1.165, 1.54) is 16.8 Å². The molecule has 3 rings (SSSR count). The highest BCUT2D eigenvalue weighted by atomic mass is 19.1. The van der Waals surface area contributed by atoms with Crippen LogP contribution in [0.1, 0.15) is 27.4 Å². The van der Waals surface area contributed by atoms with Crippen LogP contribution in [0.4, 0.5) is 4.39 Å². The fraction of sp³-hybridized carbons (Fsp3) is 0.105. The molecule has 0 spiro atoms. The maximum absolute atomic E-state index is 14.1. The monoisotopic (exact) mass is 337 g/mol. The zero-order valence-electron chi connectivity index (χ0n) is 13.3. The topological polar surface area (TPSA) is 78.0 Å². The van der Waals surface area contributed by atoms with Crippen molar-refractivity contribution in [3.05, 3.63) is 100.0 Å². The zero-order valence-corrected chi connectivity index (χ0v) is 13.3. The highest BCUT2D eigenvalue weighted by Crippen LogP contribution is 2.29. The van der Waals surface area contributed by atoms with E-state index in [0.29, 0.717) is 5.56 Å². The van der Waals surface area contributed by atoms with Crippen LogP contribution >= 0.6 is 0 Å². The Bertz CT molecular complexity index is 954. The first-order valence-electron chi connectivity index (χ1n) is 7.72. The molecule has 0 radical (unpaired) electrons. The Labute approximate surface area is 143 Å². The summed E-state index contributed by atoms with van der Waals surface area (Å²) < 4.78 is 15.6. The molecule has 0 fully saturated rings. The first-order chi connectivity index (χ1) is 12.1. The Morgan fingerprint density at radius 2 is 1.84 bits per heavy atom. The van der Waals surface area contributed by atoms with Gasteiger partial charge < -0.3 is 10.3 Å². The normalized spacial score (nSPS) is 11.9. The molecular formula is C19H16FN3O2. The van der Waals surface area contributed by atoms with Gasteiger partial charge in [-0.1, -0.05) is 36.4 Å². The SMILES string of the molecule is NC(=O)c1c(C(Cn2ccccc2=O)c2ccccc2)ccnc1F. The molecule has 2 heterocycles. The second-order valence-corrected chi connectivity index (χ2v) is 5.58. The minimum absolute atomic E-state index is 0.182. The molecule has 2 N–H and O–H groups in total. The summed E-state index contributed by atoms with van der Waals surface area (Å²) in [6.07, 6.45) is 2.95. The van der Waals surface area contributed by atoms with Crippen molar-refractivity contribution in [2.45, 2.75) is 12.5 Å².